The Labute approximate surface area is 145 Å². The molecule has 0 aliphatic heterocycles. The van der Waals surface area contributed by atoms with Crippen molar-refractivity contribution in [1.82, 2.24) is 0 Å². The molecule has 24 heavy (non-hydrogen) atoms. The fourth-order valence-electron chi connectivity index (χ4n) is 2.74. The average molecular weight is 362 g/mol. The molecule has 0 heterocycles. The van der Waals surface area contributed by atoms with Crippen LogP contribution in [0, 0.1) is 0 Å². The highest BCUT2D eigenvalue weighted by Gasteiger charge is 2.19. The number of anilines is 1. The summed E-state index contributed by atoms with van der Waals surface area (Å²) in [5.74, 6) is -0.353. The summed E-state index contributed by atoms with van der Waals surface area (Å²) in [6.07, 6.45) is 3.00. The van der Waals surface area contributed by atoms with Crippen LogP contribution in [0.2, 0.25) is 0 Å². The number of benzene rings is 2. The highest BCUT2D eigenvalue weighted by atomic mass is 32.2. The summed E-state index contributed by atoms with van der Waals surface area (Å²) in [5, 5.41) is 0. The van der Waals surface area contributed by atoms with Crippen LogP contribution in [0.1, 0.15) is 17.5 Å². The largest absolute Gasteiger partial charge is 0.369 e. The van der Waals surface area contributed by atoms with Crippen molar-refractivity contribution in [2.75, 3.05) is 10.5 Å². The zero-order valence-corrected chi connectivity index (χ0v) is 14.6. The van der Waals surface area contributed by atoms with E-state index in [1.807, 2.05) is 6.07 Å². The summed E-state index contributed by atoms with van der Waals surface area (Å²) in [7, 11) is -3.68. The van der Waals surface area contributed by atoms with E-state index in [0.717, 1.165) is 24.8 Å². The third-order valence-electron chi connectivity index (χ3n) is 3.88. The lowest BCUT2D eigenvalue weighted by Gasteiger charge is -2.12. The van der Waals surface area contributed by atoms with E-state index < -0.39 is 15.9 Å². The zero-order valence-electron chi connectivity index (χ0n) is 13.0. The molecule has 0 saturated heterocycles. The fraction of sp³-hybridized carbons (Fsp3) is 0.235. The molecule has 0 atom stereocenters. The predicted octanol–water partition coefficient (Wildman–Crippen LogP) is 2.55. The van der Waals surface area contributed by atoms with Crippen LogP contribution in [-0.4, -0.2) is 20.1 Å². The molecule has 7 heteroatoms. The van der Waals surface area contributed by atoms with Crippen molar-refractivity contribution in [2.24, 2.45) is 5.73 Å². The normalized spacial score (nSPS) is 13.5. The van der Waals surface area contributed by atoms with E-state index in [0.29, 0.717) is 10.6 Å². The number of hydrogen-bond donors (Lipinski definition) is 2. The molecule has 0 fully saturated rings. The van der Waals surface area contributed by atoms with Gasteiger partial charge in [-0.3, -0.25) is 9.52 Å². The Hall–Kier alpha value is -1.99. The molecule has 2 aromatic rings. The second-order valence-electron chi connectivity index (χ2n) is 5.64. The third-order valence-corrected chi connectivity index (χ3v) is 6.34. The van der Waals surface area contributed by atoms with Gasteiger partial charge >= 0.3 is 0 Å². The first-order valence-electron chi connectivity index (χ1n) is 7.60. The number of rotatable bonds is 6. The topological polar surface area (TPSA) is 89.3 Å². The van der Waals surface area contributed by atoms with E-state index in [-0.39, 0.29) is 10.6 Å². The van der Waals surface area contributed by atoms with Gasteiger partial charge < -0.3 is 5.73 Å². The Bertz CT molecular complexity index is 879. The van der Waals surface area contributed by atoms with Gasteiger partial charge in [-0.1, -0.05) is 18.2 Å². The number of nitrogens with two attached hydrogens (primary N) is 1. The summed E-state index contributed by atoms with van der Waals surface area (Å²) in [6.45, 7) is 0. The zero-order chi connectivity index (χ0) is 17.2. The molecule has 0 spiro atoms. The van der Waals surface area contributed by atoms with Crippen LogP contribution in [0.5, 0.6) is 0 Å². The molecule has 0 saturated carbocycles. The van der Waals surface area contributed by atoms with E-state index in [1.54, 1.807) is 36.4 Å². The van der Waals surface area contributed by atoms with Crippen molar-refractivity contribution in [2.45, 2.75) is 29.1 Å². The van der Waals surface area contributed by atoms with Crippen LogP contribution in [-0.2, 0) is 27.7 Å². The van der Waals surface area contributed by atoms with Gasteiger partial charge in [-0.2, -0.15) is 0 Å². The Kier molecular flexibility index (Phi) is 4.82. The van der Waals surface area contributed by atoms with Crippen LogP contribution >= 0.6 is 11.8 Å². The SMILES string of the molecule is NC(=O)CSc1ccccc1NS(=O)(=O)c1ccc2c(c1)CCC2. The number of thioether (sulfide) groups is 1. The summed E-state index contributed by atoms with van der Waals surface area (Å²) in [4.78, 5) is 11.9. The number of carbonyl (C=O) groups excluding carboxylic acids is 1. The molecule has 3 rings (SSSR count). The molecule has 126 valence electrons. The highest BCUT2D eigenvalue weighted by molar-refractivity contribution is 8.00. The van der Waals surface area contributed by atoms with Crippen LogP contribution in [0.25, 0.3) is 0 Å². The summed E-state index contributed by atoms with van der Waals surface area (Å²) in [5.41, 5.74) is 7.94. The lowest BCUT2D eigenvalue weighted by atomic mass is 10.1. The molecule has 0 bridgehead atoms. The van der Waals surface area contributed by atoms with Crippen molar-refractivity contribution in [3.05, 3.63) is 53.6 Å². The monoisotopic (exact) mass is 362 g/mol. The first-order chi connectivity index (χ1) is 11.5. The smallest absolute Gasteiger partial charge is 0.261 e. The lowest BCUT2D eigenvalue weighted by molar-refractivity contribution is -0.115. The van der Waals surface area contributed by atoms with E-state index in [4.69, 9.17) is 5.73 Å². The van der Waals surface area contributed by atoms with Crippen molar-refractivity contribution in [3.63, 3.8) is 0 Å². The highest BCUT2D eigenvalue weighted by Crippen LogP contribution is 2.30. The molecule has 0 radical (unpaired) electrons. The molecule has 1 aliphatic rings. The molecule has 1 amide bonds. The van der Waals surface area contributed by atoms with Gasteiger partial charge in [0.2, 0.25) is 5.91 Å². The minimum Gasteiger partial charge on any atom is -0.369 e. The van der Waals surface area contributed by atoms with Crippen LogP contribution < -0.4 is 10.5 Å². The summed E-state index contributed by atoms with van der Waals surface area (Å²) in [6, 6.07) is 12.3. The third kappa shape index (κ3) is 3.73. The van der Waals surface area contributed by atoms with Gasteiger partial charge in [-0.25, -0.2) is 8.42 Å². The minimum atomic E-state index is -3.68. The van der Waals surface area contributed by atoms with Gasteiger partial charge in [0, 0.05) is 4.90 Å². The van der Waals surface area contributed by atoms with Gasteiger partial charge in [0.1, 0.15) is 0 Å². The lowest BCUT2D eigenvalue weighted by Crippen LogP contribution is -2.15. The molecule has 3 N–H and O–H groups in total. The molecular weight excluding hydrogens is 344 g/mol. The number of carbonyl (C=O) groups is 1. The Balaban J connectivity index is 1.86. The number of primary amides is 1. The first kappa shape index (κ1) is 16.9. The predicted molar refractivity (Wildman–Crippen MR) is 95.6 cm³/mol. The number of para-hydroxylation sites is 1. The number of aryl methyl sites for hydroxylation is 2. The van der Waals surface area contributed by atoms with Crippen molar-refractivity contribution >= 4 is 33.4 Å². The van der Waals surface area contributed by atoms with Gasteiger partial charge in [0.05, 0.1) is 16.3 Å². The maximum absolute atomic E-state index is 12.7. The van der Waals surface area contributed by atoms with Gasteiger partial charge in [0.15, 0.2) is 0 Å². The Morgan fingerprint density at radius 2 is 1.88 bits per heavy atom. The Morgan fingerprint density at radius 1 is 1.12 bits per heavy atom. The molecule has 2 aromatic carbocycles. The van der Waals surface area contributed by atoms with Crippen molar-refractivity contribution < 1.29 is 13.2 Å². The molecule has 0 aromatic heterocycles. The number of hydrogen-bond acceptors (Lipinski definition) is 4. The van der Waals surface area contributed by atoms with Gasteiger partial charge in [-0.15, -0.1) is 11.8 Å². The van der Waals surface area contributed by atoms with Crippen molar-refractivity contribution in [1.29, 1.82) is 0 Å². The minimum absolute atomic E-state index is 0.0948. The quantitative estimate of drug-likeness (QED) is 0.773. The van der Waals surface area contributed by atoms with Crippen LogP contribution in [0.3, 0.4) is 0 Å². The molecule has 0 unspecified atom stereocenters. The van der Waals surface area contributed by atoms with Crippen molar-refractivity contribution in [3.8, 4) is 0 Å². The van der Waals surface area contributed by atoms with E-state index in [9.17, 15) is 13.2 Å². The van der Waals surface area contributed by atoms with E-state index in [1.165, 1.54) is 17.3 Å². The number of sulfonamides is 1. The van der Waals surface area contributed by atoms with E-state index in [2.05, 4.69) is 4.72 Å². The standard InChI is InChI=1S/C17H18N2O3S2/c18-17(20)11-23-16-7-2-1-6-15(16)19-24(21,22)14-9-8-12-4-3-5-13(12)10-14/h1-2,6-10,19H,3-5,11H2,(H2,18,20). The first-order valence-corrected chi connectivity index (χ1v) is 10.1. The maximum Gasteiger partial charge on any atom is 0.261 e. The number of amides is 1. The van der Waals surface area contributed by atoms with E-state index >= 15 is 0 Å². The number of fused-ring (bicyclic) bond motifs is 1. The summed E-state index contributed by atoms with van der Waals surface area (Å²) >= 11 is 1.21. The fourth-order valence-corrected chi connectivity index (χ4v) is 4.69. The molecule has 5 nitrogen and oxygen atoms in total. The van der Waals surface area contributed by atoms with Gasteiger partial charge in [-0.05, 0) is 54.7 Å². The second-order valence-corrected chi connectivity index (χ2v) is 8.34. The van der Waals surface area contributed by atoms with Crippen LogP contribution in [0.15, 0.2) is 52.3 Å². The average Bonchev–Trinajstić information content (AvgIpc) is 3.01. The molecule has 1 aliphatic carbocycles. The Morgan fingerprint density at radius 3 is 2.67 bits per heavy atom. The summed E-state index contributed by atoms with van der Waals surface area (Å²) < 4.78 is 28.0. The maximum atomic E-state index is 12.7. The second kappa shape index (κ2) is 6.86. The van der Waals surface area contributed by atoms with Gasteiger partial charge in [0.25, 0.3) is 10.0 Å². The molecular formula is C17H18N2O3S2. The van der Waals surface area contributed by atoms with Crippen LogP contribution in [0.4, 0.5) is 5.69 Å². The number of nitrogens with one attached hydrogen (secondary N) is 1.